The summed E-state index contributed by atoms with van der Waals surface area (Å²) in [6, 6.07) is 2.46. The number of amides is 2. The van der Waals surface area contributed by atoms with E-state index in [-0.39, 0.29) is 23.4 Å². The smallest absolute Gasteiger partial charge is 0.416 e. The predicted octanol–water partition coefficient (Wildman–Crippen LogP) is 2.72. The molecule has 1 saturated heterocycles. The summed E-state index contributed by atoms with van der Waals surface area (Å²) in [6.45, 7) is 3.03. The van der Waals surface area contributed by atoms with Gasteiger partial charge in [-0.2, -0.15) is 28.2 Å². The summed E-state index contributed by atoms with van der Waals surface area (Å²) in [5.74, 6) is 0.743. The Labute approximate surface area is 187 Å². The van der Waals surface area contributed by atoms with Crippen LogP contribution in [0.5, 0.6) is 5.75 Å². The van der Waals surface area contributed by atoms with E-state index in [9.17, 15) is 18.0 Å². The normalized spacial score (nSPS) is 16.8. The molecular formula is C20H23F3N8O2. The van der Waals surface area contributed by atoms with Crippen LogP contribution in [0.25, 0.3) is 11.0 Å². The highest BCUT2D eigenvalue weighted by Gasteiger charge is 2.33. The number of alkyl halides is 3. The Bertz CT molecular complexity index is 1200. The molecule has 3 N–H and O–H groups in total. The summed E-state index contributed by atoms with van der Waals surface area (Å²) >= 11 is 0. The molecule has 0 unspecified atom stereocenters. The minimum absolute atomic E-state index is 0.000139. The molecule has 3 aromatic rings. The zero-order valence-electron chi connectivity index (χ0n) is 18.2. The van der Waals surface area contributed by atoms with Crippen LogP contribution < -0.4 is 20.7 Å². The van der Waals surface area contributed by atoms with Crippen LogP contribution in [0.1, 0.15) is 12.5 Å². The Morgan fingerprint density at radius 1 is 1.24 bits per heavy atom. The first-order valence-corrected chi connectivity index (χ1v) is 10.1. The topological polar surface area (TPSA) is 114 Å². The number of piperazine rings is 1. The van der Waals surface area contributed by atoms with Crippen molar-refractivity contribution in [3.8, 4) is 5.75 Å². The van der Waals surface area contributed by atoms with Crippen molar-refractivity contribution in [2.45, 2.75) is 19.1 Å². The molecular weight excluding hydrogens is 441 g/mol. The molecule has 1 fully saturated rings. The van der Waals surface area contributed by atoms with Crippen molar-refractivity contribution in [1.82, 2.24) is 24.6 Å². The highest BCUT2D eigenvalue weighted by Crippen LogP contribution is 2.34. The van der Waals surface area contributed by atoms with Gasteiger partial charge in [-0.3, -0.25) is 4.68 Å². The largest absolute Gasteiger partial charge is 0.497 e. The number of nitrogens with zero attached hydrogens (tertiary/aromatic N) is 6. The Morgan fingerprint density at radius 2 is 2.00 bits per heavy atom. The number of halogens is 3. The van der Waals surface area contributed by atoms with E-state index in [1.165, 1.54) is 13.2 Å². The number of hydrogen-bond donors (Lipinski definition) is 2. The zero-order chi connectivity index (χ0) is 23.9. The van der Waals surface area contributed by atoms with Crippen LogP contribution in [0.2, 0.25) is 0 Å². The molecule has 0 bridgehead atoms. The fourth-order valence-electron chi connectivity index (χ4n) is 3.85. The first-order chi connectivity index (χ1) is 15.6. The second kappa shape index (κ2) is 8.30. The maximum absolute atomic E-state index is 13.2. The van der Waals surface area contributed by atoms with Gasteiger partial charge in [0.25, 0.3) is 0 Å². The van der Waals surface area contributed by atoms with Gasteiger partial charge in [-0.25, -0.2) is 4.79 Å². The summed E-state index contributed by atoms with van der Waals surface area (Å²) in [6.07, 6.45) is -2.90. The molecule has 2 aromatic heterocycles. The van der Waals surface area contributed by atoms with Crippen LogP contribution in [0.15, 0.2) is 24.4 Å². The van der Waals surface area contributed by atoms with E-state index in [4.69, 9.17) is 10.5 Å². The molecule has 3 heterocycles. The zero-order valence-corrected chi connectivity index (χ0v) is 18.2. The number of ether oxygens (including phenoxy) is 1. The van der Waals surface area contributed by atoms with E-state index < -0.39 is 17.8 Å². The fraction of sp³-hybridized carbons (Fsp3) is 0.400. The monoisotopic (exact) mass is 464 g/mol. The lowest BCUT2D eigenvalue weighted by atomic mass is 10.1. The number of aromatic nitrogens is 4. The molecule has 0 aliphatic carbocycles. The summed E-state index contributed by atoms with van der Waals surface area (Å²) in [7, 11) is 3.02. The van der Waals surface area contributed by atoms with Crippen molar-refractivity contribution in [3.63, 3.8) is 0 Å². The summed E-state index contributed by atoms with van der Waals surface area (Å²) in [4.78, 5) is 25.0. The number of carbonyl (C=O) groups is 1. The molecule has 13 heteroatoms. The van der Waals surface area contributed by atoms with Crippen LogP contribution >= 0.6 is 0 Å². The molecule has 0 saturated carbocycles. The van der Waals surface area contributed by atoms with E-state index in [1.54, 1.807) is 22.8 Å². The highest BCUT2D eigenvalue weighted by atomic mass is 19.4. The number of urea groups is 1. The average Bonchev–Trinajstić information content (AvgIpc) is 3.12. The lowest BCUT2D eigenvalue weighted by Crippen LogP contribution is -2.55. The van der Waals surface area contributed by atoms with Crippen molar-refractivity contribution in [3.05, 3.63) is 30.0 Å². The third kappa shape index (κ3) is 4.43. The number of methoxy groups -OCH3 is 1. The number of benzene rings is 1. The van der Waals surface area contributed by atoms with Crippen molar-refractivity contribution >= 4 is 34.5 Å². The summed E-state index contributed by atoms with van der Waals surface area (Å²) < 4.78 is 46.0. The first-order valence-electron chi connectivity index (χ1n) is 10.1. The number of aryl methyl sites for hydroxylation is 1. The molecule has 1 aromatic carbocycles. The molecule has 0 spiro atoms. The molecule has 1 aliphatic heterocycles. The van der Waals surface area contributed by atoms with Crippen molar-refractivity contribution < 1.29 is 22.7 Å². The van der Waals surface area contributed by atoms with Gasteiger partial charge in [-0.15, -0.1) is 0 Å². The van der Waals surface area contributed by atoms with Gasteiger partial charge in [0.1, 0.15) is 11.6 Å². The first kappa shape index (κ1) is 22.4. The summed E-state index contributed by atoms with van der Waals surface area (Å²) in [5, 5.41) is 7.50. The molecule has 1 aliphatic rings. The van der Waals surface area contributed by atoms with Gasteiger partial charge in [-0.1, -0.05) is 0 Å². The molecule has 176 valence electrons. The van der Waals surface area contributed by atoms with Crippen molar-refractivity contribution in [1.29, 1.82) is 0 Å². The number of anilines is 3. The predicted molar refractivity (Wildman–Crippen MR) is 116 cm³/mol. The Morgan fingerprint density at radius 3 is 2.67 bits per heavy atom. The number of nitrogens with two attached hydrogens (primary N) is 1. The Kier molecular flexibility index (Phi) is 5.64. The maximum Gasteiger partial charge on any atom is 0.416 e. The third-order valence-electron chi connectivity index (χ3n) is 5.50. The minimum atomic E-state index is -4.56. The van der Waals surface area contributed by atoms with Gasteiger partial charge in [0, 0.05) is 44.5 Å². The van der Waals surface area contributed by atoms with Crippen LogP contribution in [0, 0.1) is 0 Å². The third-order valence-corrected chi connectivity index (χ3v) is 5.50. The van der Waals surface area contributed by atoms with E-state index in [0.29, 0.717) is 31.1 Å². The van der Waals surface area contributed by atoms with E-state index in [0.717, 1.165) is 17.5 Å². The van der Waals surface area contributed by atoms with E-state index in [2.05, 4.69) is 20.4 Å². The quantitative estimate of drug-likeness (QED) is 0.613. The number of rotatable bonds is 3. The van der Waals surface area contributed by atoms with Gasteiger partial charge < -0.3 is 25.6 Å². The molecule has 2 amide bonds. The number of nitrogen functional groups attached to an aromatic ring is 1. The van der Waals surface area contributed by atoms with E-state index in [1.807, 2.05) is 11.8 Å². The second-order valence-electron chi connectivity index (χ2n) is 7.78. The lowest BCUT2D eigenvalue weighted by molar-refractivity contribution is -0.137. The number of nitrogens with one attached hydrogen (secondary N) is 1. The van der Waals surface area contributed by atoms with Crippen molar-refractivity contribution in [2.75, 3.05) is 42.7 Å². The van der Waals surface area contributed by atoms with Crippen molar-refractivity contribution in [2.24, 2.45) is 7.05 Å². The lowest BCUT2D eigenvalue weighted by Gasteiger charge is -2.40. The SMILES string of the molecule is COc1cc(NC(=O)N2CCN(c3nc(N)nc4c3cnn4C)[C@@H](C)C2)cc(C(F)(F)F)c1. The number of carbonyl (C=O) groups excluding carboxylic acids is 1. The van der Waals surface area contributed by atoms with Gasteiger partial charge in [-0.05, 0) is 19.1 Å². The highest BCUT2D eigenvalue weighted by molar-refractivity contribution is 5.91. The van der Waals surface area contributed by atoms with Crippen LogP contribution in [-0.2, 0) is 13.2 Å². The summed E-state index contributed by atoms with van der Waals surface area (Å²) in [5.41, 5.74) is 5.58. The Hall–Kier alpha value is -3.77. The van der Waals surface area contributed by atoms with Gasteiger partial charge in [0.2, 0.25) is 5.95 Å². The number of hydrogen-bond acceptors (Lipinski definition) is 7. The second-order valence-corrected chi connectivity index (χ2v) is 7.78. The maximum atomic E-state index is 13.2. The van der Waals surface area contributed by atoms with E-state index >= 15 is 0 Å². The minimum Gasteiger partial charge on any atom is -0.497 e. The van der Waals surface area contributed by atoms with Crippen LogP contribution in [-0.4, -0.2) is 63.5 Å². The van der Waals surface area contributed by atoms with Crippen LogP contribution in [0.3, 0.4) is 0 Å². The molecule has 33 heavy (non-hydrogen) atoms. The molecule has 4 rings (SSSR count). The van der Waals surface area contributed by atoms with Gasteiger partial charge in [0.15, 0.2) is 5.65 Å². The van der Waals surface area contributed by atoms with Gasteiger partial charge >= 0.3 is 12.2 Å². The number of fused-ring (bicyclic) bond motifs is 1. The molecule has 1 atom stereocenters. The van der Waals surface area contributed by atoms with Crippen LogP contribution in [0.4, 0.5) is 35.4 Å². The fourth-order valence-corrected chi connectivity index (χ4v) is 3.85. The standard InChI is InChI=1S/C20H23F3N8O2/c1-11-10-30(19(32)26-13-6-12(20(21,22)23)7-14(8-13)33-3)4-5-31(11)17-15-9-25-29(2)16(15)27-18(24)28-17/h6-9,11H,4-5,10H2,1-3H3,(H,26,32)(H2,24,27,28)/t11-/m0/s1. The Balaban J connectivity index is 1.50. The molecule has 0 radical (unpaired) electrons. The molecule has 10 nitrogen and oxygen atoms in total. The average molecular weight is 464 g/mol. The van der Waals surface area contributed by atoms with Gasteiger partial charge in [0.05, 0.1) is 24.3 Å².